The summed E-state index contributed by atoms with van der Waals surface area (Å²) in [6, 6.07) is -7.30. The van der Waals surface area contributed by atoms with Gasteiger partial charge in [0.2, 0.25) is 35.4 Å². The third-order valence-corrected chi connectivity index (χ3v) is 8.92. The van der Waals surface area contributed by atoms with Gasteiger partial charge < -0.3 is 73.0 Å². The van der Waals surface area contributed by atoms with Crippen LogP contribution in [-0.2, 0) is 65.6 Å². The van der Waals surface area contributed by atoms with E-state index in [2.05, 4.69) is 31.6 Å². The molecule has 0 radical (unpaired) electrons. The Balaban J connectivity index is 2.23. The van der Waals surface area contributed by atoms with E-state index >= 15 is 0 Å². The molecular weight excluding hydrogens is 838 g/mol. The van der Waals surface area contributed by atoms with Crippen LogP contribution in [-0.4, -0.2) is 179 Å². The number of alkyl halides is 1. The van der Waals surface area contributed by atoms with Gasteiger partial charge >= 0.3 is 17.9 Å². The molecule has 62 heavy (non-hydrogen) atoms. The molecule has 0 saturated carbocycles. The highest BCUT2D eigenvalue weighted by Gasteiger charge is 2.47. The number of primary amides is 1. The number of aryl methyl sites for hydroxylation is 1. The van der Waals surface area contributed by atoms with Crippen molar-refractivity contribution < 1.29 is 87.7 Å². The minimum absolute atomic E-state index is 0.186. The first kappa shape index (κ1) is 51.8. The number of carbonyl (C=O) groups excluding carboxylic acids is 7. The molecule has 7 amide bonds. The normalized spacial score (nSPS) is 20.3. The van der Waals surface area contributed by atoms with Crippen molar-refractivity contribution in [2.24, 2.45) is 11.7 Å². The molecule has 0 spiro atoms. The Labute approximate surface area is 350 Å². The second-order valence-electron chi connectivity index (χ2n) is 14.3. The van der Waals surface area contributed by atoms with Crippen LogP contribution in [0.5, 0.6) is 0 Å². The van der Waals surface area contributed by atoms with Crippen molar-refractivity contribution in [3.8, 4) is 0 Å². The van der Waals surface area contributed by atoms with Gasteiger partial charge in [-0.1, -0.05) is 19.1 Å². The van der Waals surface area contributed by atoms with Crippen LogP contribution in [0.4, 0.5) is 4.39 Å². The first-order valence-corrected chi connectivity index (χ1v) is 18.9. The molecule has 27 nitrogen and oxygen atoms in total. The minimum atomic E-state index is -2.18. The van der Waals surface area contributed by atoms with Crippen LogP contribution in [0.1, 0.15) is 51.6 Å². The van der Waals surface area contributed by atoms with Gasteiger partial charge in [-0.15, -0.1) is 5.10 Å². The van der Waals surface area contributed by atoms with Gasteiger partial charge in [0, 0.05) is 19.2 Å². The van der Waals surface area contributed by atoms with Crippen molar-refractivity contribution in [2.75, 3.05) is 19.8 Å². The van der Waals surface area contributed by atoms with Crippen molar-refractivity contribution in [1.29, 1.82) is 0 Å². The fourth-order valence-corrected chi connectivity index (χ4v) is 5.71. The number of ether oxygens (including phenoxy) is 1. The Hall–Kier alpha value is -6.39. The summed E-state index contributed by atoms with van der Waals surface area (Å²) in [6.07, 6.45) is -11.6. The zero-order chi connectivity index (χ0) is 46.8. The summed E-state index contributed by atoms with van der Waals surface area (Å²) in [5, 5.41) is 80.2. The number of rotatable bonds is 26. The van der Waals surface area contributed by atoms with E-state index in [9.17, 15) is 83.0 Å². The largest absolute Gasteiger partial charge is 0.481 e. The third-order valence-electron chi connectivity index (χ3n) is 8.92. The highest BCUT2D eigenvalue weighted by molar-refractivity contribution is 5.98. The maximum Gasteiger partial charge on any atom is 0.305 e. The third kappa shape index (κ3) is 16.9. The van der Waals surface area contributed by atoms with Gasteiger partial charge in [0.15, 0.2) is 6.10 Å². The summed E-state index contributed by atoms with van der Waals surface area (Å²) in [4.78, 5) is 124. The zero-order valence-corrected chi connectivity index (χ0v) is 33.4. The van der Waals surface area contributed by atoms with Gasteiger partial charge in [-0.25, -0.2) is 4.68 Å². The first-order chi connectivity index (χ1) is 29.0. The average Bonchev–Trinajstić information content (AvgIpc) is 3.63. The monoisotopic (exact) mass is 889 g/mol. The van der Waals surface area contributed by atoms with Crippen molar-refractivity contribution in [3.63, 3.8) is 0 Å². The maximum atomic E-state index is 13.5. The number of aromatic nitrogens is 3. The lowest BCUT2D eigenvalue weighted by molar-refractivity contribution is -0.219. The van der Waals surface area contributed by atoms with Crippen LogP contribution >= 0.6 is 0 Å². The Morgan fingerprint density at radius 1 is 0.790 bits per heavy atom. The topological polar surface area (TPSA) is 430 Å². The van der Waals surface area contributed by atoms with E-state index < -0.39 is 172 Å². The molecule has 2 rings (SSSR count). The van der Waals surface area contributed by atoms with Gasteiger partial charge in [-0.3, -0.25) is 52.3 Å². The van der Waals surface area contributed by atoms with Crippen molar-refractivity contribution in [1.82, 2.24) is 46.9 Å². The van der Waals surface area contributed by atoms with Crippen LogP contribution in [0.2, 0.25) is 0 Å². The van der Waals surface area contributed by atoms with E-state index in [0.717, 1.165) is 4.68 Å². The van der Waals surface area contributed by atoms with E-state index in [1.807, 2.05) is 10.6 Å². The van der Waals surface area contributed by atoms with Gasteiger partial charge in [0.25, 0.3) is 5.91 Å². The fraction of sp³-hybridized carbons (Fsp3) is 0.647. The Morgan fingerprint density at radius 2 is 1.39 bits per heavy atom. The van der Waals surface area contributed by atoms with Gasteiger partial charge in [-0.05, 0) is 25.2 Å². The predicted octanol–water partition coefficient (Wildman–Crippen LogP) is -6.84. The molecule has 1 aromatic rings. The molecule has 1 aliphatic rings. The molecule has 14 N–H and O–H groups in total. The Bertz CT molecular complexity index is 1800. The number of nitrogens with zero attached hydrogens (tertiary/aromatic N) is 3. The molecule has 1 fully saturated rings. The predicted molar refractivity (Wildman–Crippen MR) is 200 cm³/mol. The fourth-order valence-electron chi connectivity index (χ4n) is 5.71. The summed E-state index contributed by atoms with van der Waals surface area (Å²) in [6.45, 7) is 0.577. The molecule has 0 unspecified atom stereocenters. The molecule has 346 valence electrons. The molecule has 9 atom stereocenters. The molecule has 2 heterocycles. The molecule has 1 aliphatic heterocycles. The molecule has 1 aromatic heterocycles. The lowest BCUT2D eigenvalue weighted by Crippen LogP contribution is -2.65. The zero-order valence-electron chi connectivity index (χ0n) is 33.4. The molecular formula is C34H51FN10O17. The van der Waals surface area contributed by atoms with Crippen LogP contribution in [0, 0.1) is 5.92 Å². The summed E-state index contributed by atoms with van der Waals surface area (Å²) < 4.78 is 19.0. The summed E-state index contributed by atoms with van der Waals surface area (Å²) in [5.41, 5.74) is 5.40. The Kier molecular flexibility index (Phi) is 20.7. The Morgan fingerprint density at radius 3 is 1.95 bits per heavy atom. The average molecular weight is 890 g/mol. The van der Waals surface area contributed by atoms with E-state index in [1.165, 1.54) is 20.0 Å². The highest BCUT2D eigenvalue weighted by Crippen LogP contribution is 2.22. The summed E-state index contributed by atoms with van der Waals surface area (Å²) in [5.74, 6) is -13.5. The number of aliphatic hydroxyl groups excluding tert-OH is 3. The molecule has 0 aliphatic carbocycles. The molecule has 0 bridgehead atoms. The lowest BCUT2D eigenvalue weighted by atomic mass is 9.94. The number of carboxylic acids is 3. The second kappa shape index (κ2) is 24.8. The van der Waals surface area contributed by atoms with Crippen LogP contribution in [0.3, 0.4) is 0 Å². The van der Waals surface area contributed by atoms with E-state index in [-0.39, 0.29) is 12.8 Å². The smallest absolute Gasteiger partial charge is 0.305 e. The van der Waals surface area contributed by atoms with Crippen LogP contribution < -0.4 is 37.6 Å². The number of carboxylic acid groups (broad SMARTS) is 3. The van der Waals surface area contributed by atoms with Crippen molar-refractivity contribution in [3.05, 3.63) is 11.9 Å². The highest BCUT2D eigenvalue weighted by atomic mass is 18.2. The van der Waals surface area contributed by atoms with E-state index in [1.54, 1.807) is 0 Å². The van der Waals surface area contributed by atoms with Crippen LogP contribution in [0.15, 0.2) is 6.20 Å². The lowest BCUT2D eigenvalue weighted by Gasteiger charge is -2.40. The SMILES string of the molecule is CC(C)[C@H](NC(=O)[C@H](CCC(=O)O)NC(=O)[C@H](CC(=O)O)NC(=O)[C@@H]1O[C@H](CNC(=O)Cn2cc(CCC[18F])nn2)[C@@H](O)[C@H](O)[C@@H]1O)C(=O)N[C@@H](CC(=O)O)C(=O)NCC(N)=O. The second-order valence-corrected chi connectivity index (χ2v) is 14.3. The van der Waals surface area contributed by atoms with Crippen LogP contribution in [0.25, 0.3) is 0 Å². The van der Waals surface area contributed by atoms with Crippen molar-refractivity contribution >= 4 is 59.3 Å². The number of aliphatic carboxylic acids is 3. The molecule has 28 heteroatoms. The maximum absolute atomic E-state index is 13.5. The minimum Gasteiger partial charge on any atom is -0.481 e. The van der Waals surface area contributed by atoms with Gasteiger partial charge in [0.1, 0.15) is 55.1 Å². The standard InChI is InChI=1S/C34H51FN10O17/c1-14(2)25(33(60)40-17(8-23(50)51)30(57)38-11-20(36)46)42-31(58)16(5-6-22(48)49)39-32(59)18(9-24(52)53)41-34(61)29-28(56)27(55)26(54)19(62-29)10-37-21(47)13-45-12-15(43-44-45)4-3-7-35/h12,14,16-19,25-29,54-56H,3-11,13H2,1-2H3,(H2,36,46)(H,37,47)(H,38,57)(H,39,59)(H,40,60)(H,41,61)(H,42,58)(H,48,49)(H,50,51)(H,52,53)/t16-,17-,18-,19+,25-,26+,27-,28-,29+/m0/s1/i35-1. The number of amides is 7. The van der Waals surface area contributed by atoms with Gasteiger partial charge in [-0.2, -0.15) is 0 Å². The number of aliphatic hydroxyl groups is 3. The first-order valence-electron chi connectivity index (χ1n) is 18.9. The van der Waals surface area contributed by atoms with E-state index in [0.29, 0.717) is 5.69 Å². The number of nitrogens with one attached hydrogen (secondary N) is 6. The molecule has 1 saturated heterocycles. The number of nitrogens with two attached hydrogens (primary N) is 1. The van der Waals surface area contributed by atoms with Crippen molar-refractivity contribution in [2.45, 2.75) is 114 Å². The van der Waals surface area contributed by atoms with E-state index in [4.69, 9.17) is 10.5 Å². The van der Waals surface area contributed by atoms with Gasteiger partial charge in [0.05, 0.1) is 31.8 Å². The molecule has 0 aromatic carbocycles. The number of carbonyl (C=O) groups is 10. The summed E-state index contributed by atoms with van der Waals surface area (Å²) >= 11 is 0. The summed E-state index contributed by atoms with van der Waals surface area (Å²) in [7, 11) is 0. The quantitative estimate of drug-likeness (QED) is 0.0411. The number of hydrogen-bond donors (Lipinski definition) is 13. The number of halogens is 1. The number of hydrogen-bond acceptors (Lipinski definition) is 16.